The van der Waals surface area contributed by atoms with Crippen molar-refractivity contribution in [1.29, 1.82) is 0 Å². The average Bonchev–Trinajstić information content (AvgIpc) is 2.83. The van der Waals surface area contributed by atoms with Crippen LogP contribution in [0.1, 0.15) is 23.7 Å². The number of fused-ring (bicyclic) bond motifs is 1. The van der Waals surface area contributed by atoms with Gasteiger partial charge in [-0.1, -0.05) is 0 Å². The van der Waals surface area contributed by atoms with Crippen molar-refractivity contribution in [3.63, 3.8) is 0 Å². The third-order valence-electron chi connectivity index (χ3n) is 3.69. The Kier molecular flexibility index (Phi) is 2.96. The molecule has 1 fully saturated rings. The first-order chi connectivity index (χ1) is 8.75. The minimum absolute atomic E-state index is 0.0764. The smallest absolute Gasteiger partial charge is 0.167 e. The van der Waals surface area contributed by atoms with Crippen molar-refractivity contribution in [3.8, 4) is 11.5 Å². The molecule has 0 radical (unpaired) electrons. The summed E-state index contributed by atoms with van der Waals surface area (Å²) in [5, 5.41) is 3.31. The molecule has 0 saturated carbocycles. The SMILES string of the molecule is CC1NCCC1C(=O)c1ccc2c(c1)OCCO2. The van der Waals surface area contributed by atoms with Gasteiger partial charge < -0.3 is 14.8 Å². The van der Waals surface area contributed by atoms with Crippen molar-refractivity contribution >= 4 is 5.78 Å². The summed E-state index contributed by atoms with van der Waals surface area (Å²) in [6.45, 7) is 4.10. The van der Waals surface area contributed by atoms with Crippen LogP contribution in [0.15, 0.2) is 18.2 Å². The fraction of sp³-hybridized carbons (Fsp3) is 0.500. The van der Waals surface area contributed by atoms with E-state index >= 15 is 0 Å². The molecule has 1 aromatic carbocycles. The molecule has 2 aliphatic heterocycles. The van der Waals surface area contributed by atoms with Crippen LogP contribution >= 0.6 is 0 Å². The van der Waals surface area contributed by atoms with Crippen LogP contribution in [0.4, 0.5) is 0 Å². The van der Waals surface area contributed by atoms with Gasteiger partial charge in [0.15, 0.2) is 17.3 Å². The fourth-order valence-electron chi connectivity index (χ4n) is 2.63. The Labute approximate surface area is 106 Å². The van der Waals surface area contributed by atoms with E-state index in [1.165, 1.54) is 0 Å². The number of hydrogen-bond donors (Lipinski definition) is 1. The normalized spacial score (nSPS) is 26.1. The van der Waals surface area contributed by atoms with Gasteiger partial charge in [-0.3, -0.25) is 4.79 Å². The van der Waals surface area contributed by atoms with Crippen LogP contribution in [-0.4, -0.2) is 31.6 Å². The molecule has 1 aromatic rings. The lowest BCUT2D eigenvalue weighted by atomic mass is 9.92. The molecule has 0 spiro atoms. The summed E-state index contributed by atoms with van der Waals surface area (Å²) < 4.78 is 11.0. The summed E-state index contributed by atoms with van der Waals surface area (Å²) >= 11 is 0. The lowest BCUT2D eigenvalue weighted by Gasteiger charge is -2.20. The van der Waals surface area contributed by atoms with Gasteiger partial charge in [-0.25, -0.2) is 0 Å². The topological polar surface area (TPSA) is 47.6 Å². The van der Waals surface area contributed by atoms with Crippen molar-refractivity contribution in [1.82, 2.24) is 5.32 Å². The number of ketones is 1. The minimum atomic E-state index is 0.0764. The van der Waals surface area contributed by atoms with Crippen molar-refractivity contribution in [3.05, 3.63) is 23.8 Å². The first kappa shape index (κ1) is 11.5. The summed E-state index contributed by atoms with van der Waals surface area (Å²) in [4.78, 5) is 12.4. The highest BCUT2D eigenvalue weighted by Crippen LogP contribution is 2.32. The van der Waals surface area contributed by atoms with E-state index in [2.05, 4.69) is 12.2 Å². The van der Waals surface area contributed by atoms with E-state index in [0.29, 0.717) is 19.0 Å². The first-order valence-electron chi connectivity index (χ1n) is 6.43. The quantitative estimate of drug-likeness (QED) is 0.807. The lowest BCUT2D eigenvalue weighted by Crippen LogP contribution is -2.28. The Hall–Kier alpha value is -1.55. The molecule has 96 valence electrons. The van der Waals surface area contributed by atoms with Crippen LogP contribution in [0.25, 0.3) is 0 Å². The Morgan fingerprint density at radius 2 is 2.06 bits per heavy atom. The van der Waals surface area contributed by atoms with Gasteiger partial charge >= 0.3 is 0 Å². The van der Waals surface area contributed by atoms with Gasteiger partial charge in [0, 0.05) is 17.5 Å². The molecule has 2 heterocycles. The number of hydrogen-bond acceptors (Lipinski definition) is 4. The van der Waals surface area contributed by atoms with Gasteiger partial charge in [-0.15, -0.1) is 0 Å². The maximum Gasteiger partial charge on any atom is 0.167 e. The molecule has 2 unspecified atom stereocenters. The number of carbonyl (C=O) groups excluding carboxylic acids is 1. The molecule has 2 atom stereocenters. The van der Waals surface area contributed by atoms with Crippen molar-refractivity contribution < 1.29 is 14.3 Å². The number of nitrogens with one attached hydrogen (secondary N) is 1. The van der Waals surface area contributed by atoms with Gasteiger partial charge in [-0.05, 0) is 38.1 Å². The highest BCUT2D eigenvalue weighted by molar-refractivity contribution is 5.99. The molecule has 0 aromatic heterocycles. The summed E-state index contributed by atoms with van der Waals surface area (Å²) in [5.41, 5.74) is 0.722. The number of carbonyl (C=O) groups is 1. The maximum absolute atomic E-state index is 12.4. The Morgan fingerprint density at radius 1 is 1.28 bits per heavy atom. The average molecular weight is 247 g/mol. The standard InChI is InChI=1S/C14H17NO3/c1-9-11(4-5-15-9)14(16)10-2-3-12-13(8-10)18-7-6-17-12/h2-3,8-9,11,15H,4-7H2,1H3. The molecular formula is C14H17NO3. The van der Waals surface area contributed by atoms with Crippen LogP contribution in [0, 0.1) is 5.92 Å². The Balaban J connectivity index is 1.85. The second-order valence-corrected chi connectivity index (χ2v) is 4.86. The number of rotatable bonds is 2. The van der Waals surface area contributed by atoms with E-state index in [0.717, 1.165) is 24.3 Å². The zero-order valence-electron chi connectivity index (χ0n) is 10.4. The van der Waals surface area contributed by atoms with Crippen LogP contribution in [0.2, 0.25) is 0 Å². The van der Waals surface area contributed by atoms with Gasteiger partial charge in [-0.2, -0.15) is 0 Å². The lowest BCUT2D eigenvalue weighted by molar-refractivity contribution is 0.0913. The Bertz CT molecular complexity index is 472. The van der Waals surface area contributed by atoms with Crippen molar-refractivity contribution in [2.75, 3.05) is 19.8 Å². The zero-order chi connectivity index (χ0) is 12.5. The number of ether oxygens (including phenoxy) is 2. The van der Waals surface area contributed by atoms with Crippen LogP contribution < -0.4 is 14.8 Å². The highest BCUT2D eigenvalue weighted by atomic mass is 16.6. The maximum atomic E-state index is 12.4. The summed E-state index contributed by atoms with van der Waals surface area (Å²) in [6.07, 6.45) is 0.911. The third-order valence-corrected chi connectivity index (χ3v) is 3.69. The Morgan fingerprint density at radius 3 is 2.78 bits per heavy atom. The summed E-state index contributed by atoms with van der Waals surface area (Å²) in [5.74, 6) is 1.69. The second kappa shape index (κ2) is 4.61. The predicted octanol–water partition coefficient (Wildman–Crippen LogP) is 1.64. The molecule has 18 heavy (non-hydrogen) atoms. The monoisotopic (exact) mass is 247 g/mol. The number of Topliss-reactive ketones (excluding diaryl/α,β-unsaturated/α-hetero) is 1. The molecule has 2 aliphatic rings. The van der Waals surface area contributed by atoms with Gasteiger partial charge in [0.25, 0.3) is 0 Å². The van der Waals surface area contributed by atoms with E-state index in [9.17, 15) is 4.79 Å². The highest BCUT2D eigenvalue weighted by Gasteiger charge is 2.30. The minimum Gasteiger partial charge on any atom is -0.486 e. The van der Waals surface area contributed by atoms with E-state index < -0.39 is 0 Å². The predicted molar refractivity (Wildman–Crippen MR) is 67.3 cm³/mol. The van der Waals surface area contributed by atoms with Gasteiger partial charge in [0.1, 0.15) is 13.2 Å². The first-order valence-corrected chi connectivity index (χ1v) is 6.43. The van der Waals surface area contributed by atoms with Gasteiger partial charge in [0.2, 0.25) is 0 Å². The van der Waals surface area contributed by atoms with E-state index in [-0.39, 0.29) is 17.7 Å². The second-order valence-electron chi connectivity index (χ2n) is 4.86. The van der Waals surface area contributed by atoms with E-state index in [1.54, 1.807) is 0 Å². The summed E-state index contributed by atoms with van der Waals surface area (Å²) in [6, 6.07) is 5.73. The molecule has 1 saturated heterocycles. The van der Waals surface area contributed by atoms with Crippen molar-refractivity contribution in [2.45, 2.75) is 19.4 Å². The molecule has 3 rings (SSSR count). The van der Waals surface area contributed by atoms with Crippen LogP contribution in [0.3, 0.4) is 0 Å². The fourth-order valence-corrected chi connectivity index (χ4v) is 2.63. The molecule has 0 aliphatic carbocycles. The third kappa shape index (κ3) is 1.97. The number of benzene rings is 1. The van der Waals surface area contributed by atoms with Gasteiger partial charge in [0.05, 0.1) is 0 Å². The summed E-state index contributed by atoms with van der Waals surface area (Å²) in [7, 11) is 0. The van der Waals surface area contributed by atoms with E-state index in [4.69, 9.17) is 9.47 Å². The van der Waals surface area contributed by atoms with Crippen molar-refractivity contribution in [2.24, 2.45) is 5.92 Å². The van der Waals surface area contributed by atoms with Crippen LogP contribution in [0.5, 0.6) is 11.5 Å². The molecule has 4 heteroatoms. The molecule has 4 nitrogen and oxygen atoms in total. The van der Waals surface area contributed by atoms with E-state index in [1.807, 2.05) is 18.2 Å². The molecule has 0 amide bonds. The molecular weight excluding hydrogens is 230 g/mol. The largest absolute Gasteiger partial charge is 0.486 e. The molecule has 0 bridgehead atoms. The molecule has 1 N–H and O–H groups in total. The zero-order valence-corrected chi connectivity index (χ0v) is 10.4. The van der Waals surface area contributed by atoms with Crippen LogP contribution in [-0.2, 0) is 0 Å².